The number of amidine groups is 1. The average molecular weight is 263 g/mol. The van der Waals surface area contributed by atoms with Crippen LogP contribution in [0.3, 0.4) is 0 Å². The Bertz CT molecular complexity index is 531. The first kappa shape index (κ1) is 13.5. The van der Waals surface area contributed by atoms with Crippen LogP contribution in [0.15, 0.2) is 23.1 Å². The van der Waals surface area contributed by atoms with Gasteiger partial charge in [-0.3, -0.25) is 5.41 Å². The van der Waals surface area contributed by atoms with E-state index in [4.69, 9.17) is 11.1 Å². The quantitative estimate of drug-likeness (QED) is 0.535. The number of nitrogens with two attached hydrogens (primary N) is 1. The summed E-state index contributed by atoms with van der Waals surface area (Å²) >= 11 is 0. The van der Waals surface area contributed by atoms with Crippen molar-refractivity contribution in [2.24, 2.45) is 5.73 Å². The van der Waals surface area contributed by atoms with Crippen LogP contribution in [0.2, 0.25) is 0 Å². The van der Waals surface area contributed by atoms with E-state index in [0.29, 0.717) is 6.07 Å². The maximum absolute atomic E-state index is 13.2. The molecule has 0 unspecified atom stereocenters. The van der Waals surface area contributed by atoms with Gasteiger partial charge in [-0.15, -0.1) is 0 Å². The molecular weight excluding hydrogens is 252 g/mol. The zero-order valence-corrected chi connectivity index (χ0v) is 9.52. The lowest BCUT2D eigenvalue weighted by Crippen LogP contribution is -2.28. The molecule has 1 aromatic carbocycles. The van der Waals surface area contributed by atoms with Crippen LogP contribution in [0, 0.1) is 17.0 Å². The number of benzene rings is 1. The Labute approximate surface area is 97.2 Å². The number of hydrogen-bond donors (Lipinski definition) is 3. The summed E-state index contributed by atoms with van der Waals surface area (Å²) in [5.74, 6) is -2.21. The van der Waals surface area contributed by atoms with Crippen molar-refractivity contribution >= 4 is 15.9 Å². The predicted molar refractivity (Wildman–Crippen MR) is 58.1 cm³/mol. The smallest absolute Gasteiger partial charge is 0.243 e. The molecule has 17 heavy (non-hydrogen) atoms. The molecule has 0 spiro atoms. The molecule has 0 aliphatic rings. The Balaban J connectivity index is 2.86. The van der Waals surface area contributed by atoms with Crippen molar-refractivity contribution in [1.29, 1.82) is 5.41 Å². The van der Waals surface area contributed by atoms with E-state index in [1.54, 1.807) is 0 Å². The lowest BCUT2D eigenvalue weighted by molar-refractivity contribution is 0.543. The molecule has 0 saturated carbocycles. The minimum absolute atomic E-state index is 0.0159. The Morgan fingerprint density at radius 2 is 2.06 bits per heavy atom. The van der Waals surface area contributed by atoms with Crippen LogP contribution in [0.1, 0.15) is 6.42 Å². The van der Waals surface area contributed by atoms with E-state index in [9.17, 15) is 17.2 Å². The van der Waals surface area contributed by atoms with Gasteiger partial charge in [0.25, 0.3) is 0 Å². The van der Waals surface area contributed by atoms with Crippen LogP contribution >= 0.6 is 0 Å². The second-order valence-electron chi connectivity index (χ2n) is 3.25. The molecule has 4 N–H and O–H groups in total. The van der Waals surface area contributed by atoms with Crippen molar-refractivity contribution in [2.75, 3.05) is 6.54 Å². The molecule has 0 fully saturated rings. The molecule has 1 aromatic rings. The molecule has 0 radical (unpaired) electrons. The fraction of sp³-hybridized carbons (Fsp3) is 0.222. The first-order chi connectivity index (χ1) is 7.83. The van der Waals surface area contributed by atoms with Crippen LogP contribution < -0.4 is 10.5 Å². The summed E-state index contributed by atoms with van der Waals surface area (Å²) in [6, 6.07) is 2.17. The Morgan fingerprint density at radius 3 is 2.59 bits per heavy atom. The maximum atomic E-state index is 13.2. The molecule has 0 aliphatic carbocycles. The second-order valence-corrected chi connectivity index (χ2v) is 4.98. The summed E-state index contributed by atoms with van der Waals surface area (Å²) in [5, 5.41) is 6.90. The van der Waals surface area contributed by atoms with E-state index in [1.807, 2.05) is 0 Å². The highest BCUT2D eigenvalue weighted by Gasteiger charge is 2.18. The van der Waals surface area contributed by atoms with Crippen molar-refractivity contribution in [3.63, 3.8) is 0 Å². The summed E-state index contributed by atoms with van der Waals surface area (Å²) < 4.78 is 51.0. The van der Waals surface area contributed by atoms with Gasteiger partial charge < -0.3 is 5.73 Å². The summed E-state index contributed by atoms with van der Waals surface area (Å²) in [6.07, 6.45) is 0.0159. The van der Waals surface area contributed by atoms with Crippen LogP contribution in [-0.4, -0.2) is 20.8 Å². The van der Waals surface area contributed by atoms with E-state index in [0.717, 1.165) is 12.1 Å². The van der Waals surface area contributed by atoms with Gasteiger partial charge in [0.2, 0.25) is 10.0 Å². The van der Waals surface area contributed by atoms with E-state index < -0.39 is 26.6 Å². The molecule has 5 nitrogen and oxygen atoms in total. The van der Waals surface area contributed by atoms with Gasteiger partial charge in [0.05, 0.1) is 5.84 Å². The number of hydrogen-bond acceptors (Lipinski definition) is 3. The zero-order valence-electron chi connectivity index (χ0n) is 8.70. The minimum atomic E-state index is -4.05. The average Bonchev–Trinajstić information content (AvgIpc) is 2.15. The summed E-state index contributed by atoms with van der Waals surface area (Å²) in [7, 11) is -4.05. The molecular formula is C9H11F2N3O2S. The number of sulfonamides is 1. The lowest BCUT2D eigenvalue weighted by atomic mass is 10.3. The topological polar surface area (TPSA) is 96.0 Å². The van der Waals surface area contributed by atoms with Crippen molar-refractivity contribution in [3.8, 4) is 0 Å². The Kier molecular flexibility index (Phi) is 4.13. The Hall–Kier alpha value is -1.54. The van der Waals surface area contributed by atoms with Gasteiger partial charge in [-0.1, -0.05) is 0 Å². The van der Waals surface area contributed by atoms with Crippen molar-refractivity contribution in [2.45, 2.75) is 11.3 Å². The highest BCUT2D eigenvalue weighted by atomic mass is 32.2. The third-order valence-corrected chi connectivity index (χ3v) is 3.36. The summed E-state index contributed by atoms with van der Waals surface area (Å²) in [4.78, 5) is -0.637. The van der Waals surface area contributed by atoms with Crippen LogP contribution in [-0.2, 0) is 10.0 Å². The SMILES string of the molecule is N=C(N)CCNS(=O)(=O)c1ccc(F)cc1F. The number of rotatable bonds is 5. The molecule has 1 rings (SSSR count). The van der Waals surface area contributed by atoms with E-state index in [2.05, 4.69) is 4.72 Å². The van der Waals surface area contributed by atoms with Crippen molar-refractivity contribution < 1.29 is 17.2 Å². The first-order valence-corrected chi connectivity index (χ1v) is 6.09. The summed E-state index contributed by atoms with van der Waals surface area (Å²) in [6.45, 7) is -0.117. The largest absolute Gasteiger partial charge is 0.388 e. The predicted octanol–water partition coefficient (Wildman–Crippen LogP) is 0.569. The van der Waals surface area contributed by atoms with Gasteiger partial charge in [-0.05, 0) is 12.1 Å². The molecule has 0 bridgehead atoms. The maximum Gasteiger partial charge on any atom is 0.243 e. The van der Waals surface area contributed by atoms with E-state index >= 15 is 0 Å². The second kappa shape index (κ2) is 5.19. The van der Waals surface area contributed by atoms with Gasteiger partial charge in [0, 0.05) is 19.0 Å². The normalized spacial score (nSPS) is 11.4. The fourth-order valence-electron chi connectivity index (χ4n) is 1.09. The van der Waals surface area contributed by atoms with Gasteiger partial charge in [-0.25, -0.2) is 21.9 Å². The monoisotopic (exact) mass is 263 g/mol. The third kappa shape index (κ3) is 3.75. The van der Waals surface area contributed by atoms with Gasteiger partial charge in [0.15, 0.2) is 0 Å². The number of halogens is 2. The molecule has 0 saturated heterocycles. The van der Waals surface area contributed by atoms with Crippen molar-refractivity contribution in [1.82, 2.24) is 4.72 Å². The van der Waals surface area contributed by atoms with E-state index in [-0.39, 0.29) is 18.8 Å². The molecule has 0 amide bonds. The molecule has 8 heteroatoms. The van der Waals surface area contributed by atoms with Crippen LogP contribution in [0.25, 0.3) is 0 Å². The molecule has 0 heterocycles. The zero-order chi connectivity index (χ0) is 13.1. The van der Waals surface area contributed by atoms with Crippen molar-refractivity contribution in [3.05, 3.63) is 29.8 Å². The molecule has 94 valence electrons. The third-order valence-electron chi connectivity index (χ3n) is 1.87. The fourth-order valence-corrected chi connectivity index (χ4v) is 2.18. The molecule has 0 atom stereocenters. The van der Waals surface area contributed by atoms with E-state index in [1.165, 1.54) is 0 Å². The molecule has 0 aromatic heterocycles. The molecule has 0 aliphatic heterocycles. The lowest BCUT2D eigenvalue weighted by Gasteiger charge is -2.07. The van der Waals surface area contributed by atoms with Gasteiger partial charge >= 0.3 is 0 Å². The highest BCUT2D eigenvalue weighted by Crippen LogP contribution is 2.14. The van der Waals surface area contributed by atoms with Gasteiger partial charge in [-0.2, -0.15) is 0 Å². The standard InChI is InChI=1S/C9H11F2N3O2S/c10-6-1-2-8(7(11)5-6)17(15,16)14-4-3-9(12)13/h1-2,5,14H,3-4H2,(H3,12,13). The minimum Gasteiger partial charge on any atom is -0.388 e. The van der Waals surface area contributed by atoms with Crippen LogP contribution in [0.4, 0.5) is 8.78 Å². The first-order valence-electron chi connectivity index (χ1n) is 4.60. The van der Waals surface area contributed by atoms with Gasteiger partial charge in [0.1, 0.15) is 16.5 Å². The van der Waals surface area contributed by atoms with Crippen LogP contribution in [0.5, 0.6) is 0 Å². The summed E-state index contributed by atoms with van der Waals surface area (Å²) in [5.41, 5.74) is 5.04. The Morgan fingerprint density at radius 1 is 1.41 bits per heavy atom. The highest BCUT2D eigenvalue weighted by molar-refractivity contribution is 7.89. The number of nitrogens with one attached hydrogen (secondary N) is 2.